The number of imide groups is 1. The lowest BCUT2D eigenvalue weighted by atomic mass is 10.0. The molecule has 3 amide bonds. The standard InChI is InChI=1S/C19H18F2N2O4/c20-14-5-1-12(2-6-14)18(13-3-7-15(21)8-4-13)27-11-16(24)10-23-17(25)9-22-19(23)26/h1-8,16,18,24H,9-11H2,(H,22,26)/t16-/m1/s1. The third-order valence-electron chi connectivity index (χ3n) is 4.13. The van der Waals surface area contributed by atoms with Crippen molar-refractivity contribution in [2.24, 2.45) is 0 Å². The van der Waals surface area contributed by atoms with Gasteiger partial charge in [0.25, 0.3) is 0 Å². The molecule has 1 atom stereocenters. The van der Waals surface area contributed by atoms with Crippen LogP contribution in [0.5, 0.6) is 0 Å². The highest BCUT2D eigenvalue weighted by molar-refractivity contribution is 6.01. The molecule has 2 aromatic carbocycles. The molecule has 0 aromatic heterocycles. The number of amides is 3. The van der Waals surface area contributed by atoms with Gasteiger partial charge < -0.3 is 15.2 Å². The number of β-amino-alcohol motifs (C(OH)–C–C–N with tert-alkyl or cyclic N) is 1. The van der Waals surface area contributed by atoms with Crippen LogP contribution in [-0.4, -0.2) is 47.7 Å². The van der Waals surface area contributed by atoms with Gasteiger partial charge in [-0.3, -0.25) is 9.69 Å². The van der Waals surface area contributed by atoms with Crippen LogP contribution in [0.4, 0.5) is 13.6 Å². The van der Waals surface area contributed by atoms with Gasteiger partial charge in [-0.2, -0.15) is 0 Å². The van der Waals surface area contributed by atoms with Crippen molar-refractivity contribution in [3.63, 3.8) is 0 Å². The topological polar surface area (TPSA) is 78.9 Å². The second-order valence-corrected chi connectivity index (χ2v) is 6.13. The Morgan fingerprint density at radius 1 is 1.00 bits per heavy atom. The van der Waals surface area contributed by atoms with Crippen LogP contribution in [0.25, 0.3) is 0 Å². The molecule has 0 unspecified atom stereocenters. The van der Waals surface area contributed by atoms with Crippen LogP contribution in [0.2, 0.25) is 0 Å². The number of ether oxygens (including phenoxy) is 1. The molecule has 27 heavy (non-hydrogen) atoms. The molecule has 0 aliphatic carbocycles. The van der Waals surface area contributed by atoms with Gasteiger partial charge in [-0.1, -0.05) is 24.3 Å². The number of nitrogens with one attached hydrogen (secondary N) is 1. The van der Waals surface area contributed by atoms with Crippen molar-refractivity contribution in [3.8, 4) is 0 Å². The first-order chi connectivity index (χ1) is 12.9. The van der Waals surface area contributed by atoms with E-state index in [2.05, 4.69) is 5.32 Å². The number of urea groups is 1. The molecule has 1 heterocycles. The Morgan fingerprint density at radius 2 is 1.52 bits per heavy atom. The number of carbonyl (C=O) groups excluding carboxylic acids is 2. The van der Waals surface area contributed by atoms with Gasteiger partial charge in [0.15, 0.2) is 0 Å². The average Bonchev–Trinajstić information content (AvgIpc) is 2.96. The molecule has 2 N–H and O–H groups in total. The maximum absolute atomic E-state index is 13.2. The van der Waals surface area contributed by atoms with Crippen molar-refractivity contribution in [3.05, 3.63) is 71.3 Å². The van der Waals surface area contributed by atoms with Crippen molar-refractivity contribution in [2.75, 3.05) is 19.7 Å². The molecule has 0 radical (unpaired) electrons. The number of hydrogen-bond acceptors (Lipinski definition) is 4. The zero-order valence-electron chi connectivity index (χ0n) is 14.3. The third kappa shape index (κ3) is 4.66. The van der Waals surface area contributed by atoms with Gasteiger partial charge in [0.2, 0.25) is 5.91 Å². The highest BCUT2D eigenvalue weighted by Crippen LogP contribution is 2.27. The second kappa shape index (κ2) is 8.24. The summed E-state index contributed by atoms with van der Waals surface area (Å²) in [5, 5.41) is 12.5. The molecule has 1 aliphatic rings. The van der Waals surface area contributed by atoms with E-state index in [4.69, 9.17) is 4.74 Å². The normalized spacial score (nSPS) is 15.3. The Kier molecular flexibility index (Phi) is 5.78. The first-order valence-electron chi connectivity index (χ1n) is 8.33. The first-order valence-corrected chi connectivity index (χ1v) is 8.33. The summed E-state index contributed by atoms with van der Waals surface area (Å²) >= 11 is 0. The van der Waals surface area contributed by atoms with Crippen molar-refractivity contribution >= 4 is 11.9 Å². The molecule has 0 saturated carbocycles. The summed E-state index contributed by atoms with van der Waals surface area (Å²) in [6.45, 7) is -0.485. The number of aliphatic hydroxyl groups excluding tert-OH is 1. The van der Waals surface area contributed by atoms with Gasteiger partial charge >= 0.3 is 6.03 Å². The van der Waals surface area contributed by atoms with Crippen molar-refractivity contribution < 1.29 is 28.2 Å². The summed E-state index contributed by atoms with van der Waals surface area (Å²) in [7, 11) is 0. The van der Waals surface area contributed by atoms with E-state index in [9.17, 15) is 23.5 Å². The zero-order chi connectivity index (χ0) is 19.4. The Labute approximate surface area is 154 Å². The summed E-state index contributed by atoms with van der Waals surface area (Å²) in [5.74, 6) is -1.24. The number of nitrogens with zero attached hydrogens (tertiary/aromatic N) is 1. The number of rotatable bonds is 7. The largest absolute Gasteiger partial charge is 0.389 e. The molecule has 1 aliphatic heterocycles. The van der Waals surface area contributed by atoms with E-state index < -0.39 is 35.8 Å². The molecule has 1 saturated heterocycles. The van der Waals surface area contributed by atoms with Crippen LogP contribution in [0, 0.1) is 11.6 Å². The highest BCUT2D eigenvalue weighted by Gasteiger charge is 2.30. The van der Waals surface area contributed by atoms with E-state index in [0.717, 1.165) is 4.90 Å². The average molecular weight is 376 g/mol. The van der Waals surface area contributed by atoms with Crippen molar-refractivity contribution in [1.82, 2.24) is 10.2 Å². The summed E-state index contributed by atoms with van der Waals surface area (Å²) in [6.07, 6.45) is -1.79. The van der Waals surface area contributed by atoms with E-state index in [1.807, 2.05) is 0 Å². The van der Waals surface area contributed by atoms with Crippen molar-refractivity contribution in [2.45, 2.75) is 12.2 Å². The summed E-state index contributed by atoms with van der Waals surface area (Å²) in [6, 6.07) is 10.7. The Morgan fingerprint density at radius 3 is 1.96 bits per heavy atom. The van der Waals surface area contributed by atoms with E-state index in [-0.39, 0.29) is 19.7 Å². The number of benzene rings is 2. The molecule has 2 aromatic rings. The van der Waals surface area contributed by atoms with E-state index in [0.29, 0.717) is 11.1 Å². The minimum Gasteiger partial charge on any atom is -0.389 e. The molecule has 8 heteroatoms. The van der Waals surface area contributed by atoms with Gasteiger partial charge in [0.1, 0.15) is 17.7 Å². The lowest BCUT2D eigenvalue weighted by molar-refractivity contribution is -0.126. The second-order valence-electron chi connectivity index (χ2n) is 6.13. The smallest absolute Gasteiger partial charge is 0.324 e. The molecular formula is C19H18F2N2O4. The van der Waals surface area contributed by atoms with Crippen LogP contribution >= 0.6 is 0 Å². The van der Waals surface area contributed by atoms with Gasteiger partial charge in [-0.15, -0.1) is 0 Å². The molecule has 6 nitrogen and oxygen atoms in total. The van der Waals surface area contributed by atoms with Gasteiger partial charge in [-0.25, -0.2) is 13.6 Å². The Bertz CT molecular complexity index is 750. The fourth-order valence-electron chi connectivity index (χ4n) is 2.77. The fraction of sp³-hybridized carbons (Fsp3) is 0.263. The monoisotopic (exact) mass is 376 g/mol. The SMILES string of the molecule is O=C1CNC(=O)N1C[C@@H](O)COC(c1ccc(F)cc1)c1ccc(F)cc1. The molecule has 3 rings (SSSR count). The highest BCUT2D eigenvalue weighted by atomic mass is 19.1. The molecule has 0 spiro atoms. The Hall–Kier alpha value is -2.84. The fourth-order valence-corrected chi connectivity index (χ4v) is 2.77. The van der Waals surface area contributed by atoms with Gasteiger partial charge in [0.05, 0.1) is 25.8 Å². The predicted molar refractivity (Wildman–Crippen MR) is 91.7 cm³/mol. The maximum Gasteiger partial charge on any atom is 0.324 e. The minimum absolute atomic E-state index is 0.0970. The molecule has 1 fully saturated rings. The first kappa shape index (κ1) is 18.9. The number of halogens is 2. The van der Waals surface area contributed by atoms with Crippen LogP contribution in [0.3, 0.4) is 0 Å². The van der Waals surface area contributed by atoms with E-state index in [1.165, 1.54) is 48.5 Å². The molecule has 0 bridgehead atoms. The van der Waals surface area contributed by atoms with Crippen LogP contribution < -0.4 is 5.32 Å². The predicted octanol–water partition coefficient (Wildman–Crippen LogP) is 1.98. The zero-order valence-corrected chi connectivity index (χ0v) is 14.3. The minimum atomic E-state index is -1.11. The van der Waals surface area contributed by atoms with E-state index in [1.54, 1.807) is 0 Å². The maximum atomic E-state index is 13.2. The van der Waals surface area contributed by atoms with Crippen LogP contribution in [-0.2, 0) is 9.53 Å². The van der Waals surface area contributed by atoms with Gasteiger partial charge in [0, 0.05) is 0 Å². The summed E-state index contributed by atoms with van der Waals surface area (Å²) < 4.78 is 32.2. The number of hydrogen-bond donors (Lipinski definition) is 2. The third-order valence-corrected chi connectivity index (χ3v) is 4.13. The number of aliphatic hydroxyl groups is 1. The Balaban J connectivity index is 1.71. The van der Waals surface area contributed by atoms with Crippen LogP contribution in [0.15, 0.2) is 48.5 Å². The number of carbonyl (C=O) groups is 2. The quantitative estimate of drug-likeness (QED) is 0.725. The molecular weight excluding hydrogens is 358 g/mol. The summed E-state index contributed by atoms with van der Waals surface area (Å²) in [5.41, 5.74) is 1.23. The van der Waals surface area contributed by atoms with Crippen molar-refractivity contribution in [1.29, 1.82) is 0 Å². The lowest BCUT2D eigenvalue weighted by Crippen LogP contribution is -2.39. The van der Waals surface area contributed by atoms with Crippen LogP contribution in [0.1, 0.15) is 17.2 Å². The van der Waals surface area contributed by atoms with Gasteiger partial charge in [-0.05, 0) is 35.4 Å². The lowest BCUT2D eigenvalue weighted by Gasteiger charge is -2.22. The van der Waals surface area contributed by atoms with E-state index >= 15 is 0 Å². The summed E-state index contributed by atoms with van der Waals surface area (Å²) in [4.78, 5) is 24.0. The molecule has 142 valence electrons.